The second kappa shape index (κ2) is 10.8. The van der Waals surface area contributed by atoms with Crippen LogP contribution in [0.25, 0.3) is 0 Å². The maximum absolute atomic E-state index is 13.6. The highest BCUT2D eigenvalue weighted by Gasteiger charge is 2.49. The number of nitrogens with zero attached hydrogens (tertiary/aromatic N) is 2. The van der Waals surface area contributed by atoms with E-state index in [4.69, 9.17) is 14.3 Å². The molecule has 3 heterocycles. The van der Waals surface area contributed by atoms with Gasteiger partial charge in [0, 0.05) is 30.3 Å². The smallest absolute Gasteiger partial charge is 0.411 e. The molecule has 3 aliphatic rings. The molecule has 41 heavy (non-hydrogen) atoms. The van der Waals surface area contributed by atoms with Crippen LogP contribution < -0.4 is 10.6 Å². The normalized spacial score (nSPS) is 22.3. The van der Waals surface area contributed by atoms with E-state index in [1.807, 2.05) is 4.68 Å². The maximum atomic E-state index is 13.6. The zero-order chi connectivity index (χ0) is 29.7. The van der Waals surface area contributed by atoms with Gasteiger partial charge in [0.15, 0.2) is 8.32 Å². The van der Waals surface area contributed by atoms with Gasteiger partial charge in [0.05, 0.1) is 23.9 Å². The molecule has 12 heteroatoms. The highest BCUT2D eigenvalue weighted by Crippen LogP contribution is 2.51. The van der Waals surface area contributed by atoms with Gasteiger partial charge in [-0.3, -0.25) is 9.59 Å². The summed E-state index contributed by atoms with van der Waals surface area (Å²) in [5.41, 5.74) is 0.549. The van der Waals surface area contributed by atoms with Gasteiger partial charge in [0.25, 0.3) is 5.91 Å². The fourth-order valence-corrected chi connectivity index (χ4v) is 6.37. The Bertz CT molecular complexity index is 1310. The molecule has 1 saturated carbocycles. The van der Waals surface area contributed by atoms with Crippen molar-refractivity contribution in [3.05, 3.63) is 46.6 Å². The topological polar surface area (TPSA) is 94.5 Å². The lowest BCUT2D eigenvalue weighted by Gasteiger charge is -2.36. The number of carbonyl (C=O) groups is 2. The highest BCUT2D eigenvalue weighted by atomic mass is 28.4. The zero-order valence-corrected chi connectivity index (χ0v) is 25.2. The van der Waals surface area contributed by atoms with Gasteiger partial charge in [-0.15, -0.1) is 0 Å². The van der Waals surface area contributed by atoms with E-state index >= 15 is 0 Å². The molecule has 1 aliphatic carbocycles. The van der Waals surface area contributed by atoms with E-state index in [0.717, 1.165) is 49.1 Å². The lowest BCUT2D eigenvalue weighted by Crippen LogP contribution is -2.51. The van der Waals surface area contributed by atoms with E-state index in [-0.39, 0.29) is 41.0 Å². The molecule has 0 unspecified atom stereocenters. The van der Waals surface area contributed by atoms with Crippen molar-refractivity contribution in [2.75, 3.05) is 18.5 Å². The molecule has 0 radical (unpaired) electrons. The lowest BCUT2D eigenvalue weighted by atomic mass is 9.83. The van der Waals surface area contributed by atoms with Gasteiger partial charge in [-0.1, -0.05) is 26.8 Å². The number of rotatable bonds is 7. The van der Waals surface area contributed by atoms with Crippen molar-refractivity contribution < 1.29 is 31.9 Å². The van der Waals surface area contributed by atoms with Crippen molar-refractivity contribution in [2.45, 2.75) is 95.4 Å². The van der Waals surface area contributed by atoms with Gasteiger partial charge in [-0.2, -0.15) is 18.3 Å². The number of halogens is 3. The summed E-state index contributed by atoms with van der Waals surface area (Å²) in [4.78, 5) is 26.8. The number of ether oxygens (including phenoxy) is 1. The molecular formula is C29H39F3N4O4Si. The van der Waals surface area contributed by atoms with E-state index in [1.165, 1.54) is 12.1 Å². The number of hydrogen-bond donors (Lipinski definition) is 2. The van der Waals surface area contributed by atoms with Crippen LogP contribution in [0.3, 0.4) is 0 Å². The van der Waals surface area contributed by atoms with Crippen LogP contribution in [-0.2, 0) is 26.7 Å². The van der Waals surface area contributed by atoms with Gasteiger partial charge < -0.3 is 19.8 Å². The molecule has 1 aromatic carbocycles. The van der Waals surface area contributed by atoms with Gasteiger partial charge >= 0.3 is 6.18 Å². The van der Waals surface area contributed by atoms with Crippen LogP contribution in [0.1, 0.15) is 85.6 Å². The molecule has 2 N–H and O–H groups in total. The van der Waals surface area contributed by atoms with Crippen molar-refractivity contribution in [1.82, 2.24) is 15.1 Å². The minimum Gasteiger partial charge on any atom is -0.411 e. The molecule has 2 aromatic rings. The summed E-state index contributed by atoms with van der Waals surface area (Å²) in [6.45, 7) is 12.3. The first-order valence-corrected chi connectivity index (χ1v) is 17.2. The number of hydrogen-bond acceptors (Lipinski definition) is 5. The van der Waals surface area contributed by atoms with E-state index in [0.29, 0.717) is 19.0 Å². The predicted octanol–water partition coefficient (Wildman–Crippen LogP) is 6.02. The van der Waals surface area contributed by atoms with Gasteiger partial charge in [-0.05, 0) is 67.9 Å². The summed E-state index contributed by atoms with van der Waals surface area (Å²) in [5.74, 6) is -0.691. The van der Waals surface area contributed by atoms with Crippen molar-refractivity contribution in [3.63, 3.8) is 0 Å². The molecule has 0 bridgehead atoms. The molecule has 2 atom stereocenters. The van der Waals surface area contributed by atoms with Crippen LogP contribution in [0.2, 0.25) is 18.1 Å². The average molecular weight is 593 g/mol. The first kappa shape index (κ1) is 29.8. The number of aromatic nitrogens is 2. The number of fused-ring (bicyclic) bond motifs is 1. The summed E-state index contributed by atoms with van der Waals surface area (Å²) < 4.78 is 54.0. The van der Waals surface area contributed by atoms with E-state index in [2.05, 4.69) is 44.5 Å². The summed E-state index contributed by atoms with van der Waals surface area (Å²) in [6, 6.07) is 3.36. The Morgan fingerprint density at radius 2 is 1.85 bits per heavy atom. The van der Waals surface area contributed by atoms with Crippen molar-refractivity contribution in [2.24, 2.45) is 5.92 Å². The minimum atomic E-state index is -4.58. The molecule has 0 spiro atoms. The Hall–Kier alpha value is -2.70. The SMILES string of the molecule is CC(C)(C)[Si](C)(C)OCc1nn(C2CCOCC2)c2c1[C@@H](C1CC1)[C@@H](NC(=O)c1cccc(C(F)(F)F)c1)C(=O)N2. The third kappa shape index (κ3) is 6.10. The molecule has 2 aliphatic heterocycles. The quantitative estimate of drug-likeness (QED) is 0.384. The van der Waals surface area contributed by atoms with E-state index in [1.54, 1.807) is 0 Å². The molecule has 1 aromatic heterocycles. The molecular weight excluding hydrogens is 553 g/mol. The van der Waals surface area contributed by atoms with Crippen LogP contribution in [0.15, 0.2) is 24.3 Å². The summed E-state index contributed by atoms with van der Waals surface area (Å²) in [5, 5.41) is 10.8. The zero-order valence-electron chi connectivity index (χ0n) is 24.2. The second-order valence-electron chi connectivity index (χ2n) is 12.9. The first-order valence-electron chi connectivity index (χ1n) is 14.3. The number of nitrogens with one attached hydrogen (secondary N) is 2. The predicted molar refractivity (Wildman–Crippen MR) is 150 cm³/mol. The maximum Gasteiger partial charge on any atom is 0.416 e. The first-order chi connectivity index (χ1) is 19.2. The van der Waals surface area contributed by atoms with Crippen molar-refractivity contribution in [3.8, 4) is 0 Å². The Morgan fingerprint density at radius 1 is 1.17 bits per heavy atom. The molecule has 1 saturated heterocycles. The van der Waals surface area contributed by atoms with Crippen LogP contribution in [0, 0.1) is 5.92 Å². The standard InChI is InChI=1S/C29H39F3N4O4Si/c1-28(2,3)41(4,5)40-16-21-23-22(17-9-10-17)24(33-26(37)18-7-6-8-19(15-18)29(30,31)32)27(38)34-25(23)36(35-21)20-11-13-39-14-12-20/h6-8,15,17,20,22,24H,9-14,16H2,1-5H3,(H,33,37)(H,34,38)/t22-,24-/m1/s1. The van der Waals surface area contributed by atoms with Crippen LogP contribution in [0.5, 0.6) is 0 Å². The summed E-state index contributed by atoms with van der Waals surface area (Å²) >= 11 is 0. The highest BCUT2D eigenvalue weighted by molar-refractivity contribution is 6.74. The molecule has 2 amide bonds. The van der Waals surface area contributed by atoms with E-state index in [9.17, 15) is 22.8 Å². The molecule has 8 nitrogen and oxygen atoms in total. The summed E-state index contributed by atoms with van der Waals surface area (Å²) in [6.07, 6.45) is -1.29. The Morgan fingerprint density at radius 3 is 2.46 bits per heavy atom. The number of anilines is 1. The summed E-state index contributed by atoms with van der Waals surface area (Å²) in [7, 11) is -2.14. The molecule has 2 fully saturated rings. The Balaban J connectivity index is 1.50. The molecule has 5 rings (SSSR count). The number of amides is 2. The number of benzene rings is 1. The van der Waals surface area contributed by atoms with Gasteiger partial charge in [0.1, 0.15) is 11.9 Å². The van der Waals surface area contributed by atoms with Crippen LogP contribution in [-0.4, -0.2) is 49.2 Å². The second-order valence-corrected chi connectivity index (χ2v) is 17.7. The van der Waals surface area contributed by atoms with Crippen molar-refractivity contribution in [1.29, 1.82) is 0 Å². The fourth-order valence-electron chi connectivity index (χ4n) is 5.44. The third-order valence-corrected chi connectivity index (χ3v) is 13.5. The Kier molecular flexibility index (Phi) is 7.88. The van der Waals surface area contributed by atoms with Gasteiger partial charge in [-0.25, -0.2) is 4.68 Å². The number of carbonyl (C=O) groups excluding carboxylic acids is 2. The van der Waals surface area contributed by atoms with Crippen molar-refractivity contribution >= 4 is 25.9 Å². The van der Waals surface area contributed by atoms with Crippen LogP contribution >= 0.6 is 0 Å². The number of alkyl halides is 3. The fraction of sp³-hybridized carbons (Fsp3) is 0.621. The Labute approximate surface area is 239 Å². The average Bonchev–Trinajstić information content (AvgIpc) is 3.68. The third-order valence-electron chi connectivity index (χ3n) is 9.02. The molecule has 224 valence electrons. The van der Waals surface area contributed by atoms with Crippen LogP contribution in [0.4, 0.5) is 19.0 Å². The van der Waals surface area contributed by atoms with E-state index < -0.39 is 32.0 Å². The monoisotopic (exact) mass is 592 g/mol. The minimum absolute atomic E-state index is 0.0120. The van der Waals surface area contributed by atoms with Gasteiger partial charge in [0.2, 0.25) is 5.91 Å². The largest absolute Gasteiger partial charge is 0.416 e. The lowest BCUT2D eigenvalue weighted by molar-refractivity contribution is -0.137.